The molecule has 9 atom stereocenters. The van der Waals surface area contributed by atoms with Crippen molar-refractivity contribution in [3.63, 3.8) is 0 Å². The second-order valence-electron chi connectivity index (χ2n) is 23.7. The summed E-state index contributed by atoms with van der Waals surface area (Å²) in [6, 6.07) is 5.79. The quantitative estimate of drug-likeness (QED) is 0.0185. The number of amides is 2. The SMILES string of the molecule is Cc1c(CCC(=O)O)c2cc3[nH]c(cc4nc(cc5nc(cc1[nH]2)C(C)(CC(=O)O)C5=O)C(C)(CC(=O)O)C4=O)c(C)c3CCC(=O)SCCNC(=O)CCNC(=O)C(O)C(C)(C)COP(=O)(O)OP(=O)(O)OCC1OC([n+]2c[nH]c3c(N)ncnc32)C(O)C1OP(=O)(O)O. The van der Waals surface area contributed by atoms with Gasteiger partial charge in [0.15, 0.2) is 35.2 Å². The molecule has 40 heteroatoms. The van der Waals surface area contributed by atoms with Gasteiger partial charge in [-0.15, -0.1) is 0 Å². The number of carboxylic acid groups (broad SMARTS) is 3. The lowest BCUT2D eigenvalue weighted by atomic mass is 9.78. The van der Waals surface area contributed by atoms with Crippen molar-refractivity contribution < 1.29 is 124 Å². The van der Waals surface area contributed by atoms with E-state index in [-0.39, 0.29) is 95.8 Å². The number of thioether (sulfide) groups is 1. The van der Waals surface area contributed by atoms with Crippen LogP contribution in [0.15, 0.2) is 36.9 Å². The van der Waals surface area contributed by atoms with Crippen molar-refractivity contribution in [3.05, 3.63) is 81.9 Å². The van der Waals surface area contributed by atoms with Crippen LogP contribution in [0.25, 0.3) is 33.2 Å². The summed E-state index contributed by atoms with van der Waals surface area (Å²) in [5, 5.41) is 56.2. The Labute approximate surface area is 541 Å². The number of carbonyl (C=O) groups is 8. The van der Waals surface area contributed by atoms with Gasteiger partial charge < -0.3 is 76.2 Å². The maximum Gasteiger partial charge on any atom is 0.481 e. The molecule has 9 unspecified atom stereocenters. The number of aromatic amines is 3. The van der Waals surface area contributed by atoms with Gasteiger partial charge in [-0.1, -0.05) is 30.6 Å². The maximum atomic E-state index is 14.2. The number of nitrogens with one attached hydrogen (secondary N) is 5. The van der Waals surface area contributed by atoms with Crippen molar-refractivity contribution >= 4 is 121 Å². The molecule has 3 aliphatic rings. The predicted octanol–water partition coefficient (Wildman–Crippen LogP) is 2.21. The first-order valence-corrected chi connectivity index (χ1v) is 34.3. The summed E-state index contributed by atoms with van der Waals surface area (Å²) in [6.07, 6.45) is -8.86. The first kappa shape index (κ1) is 73.2. The Bertz CT molecular complexity index is 4250. The Hall–Kier alpha value is -7.57. The van der Waals surface area contributed by atoms with Crippen LogP contribution in [-0.4, -0.2) is 183 Å². The molecule has 95 heavy (non-hydrogen) atoms. The second kappa shape index (κ2) is 28.6. The molecule has 1 saturated heterocycles. The maximum absolute atomic E-state index is 14.2. The summed E-state index contributed by atoms with van der Waals surface area (Å²) >= 11 is 0.898. The Balaban J connectivity index is 0.859. The third-order valence-corrected chi connectivity index (χ3v) is 20.1. The average molecular weight is 1410 g/mol. The van der Waals surface area contributed by atoms with E-state index in [9.17, 15) is 97.2 Å². The van der Waals surface area contributed by atoms with E-state index < -0.39 is 138 Å². The number of aliphatic hydroxyl groups is 2. The number of aryl methyl sites for hydroxylation is 4. The van der Waals surface area contributed by atoms with Gasteiger partial charge in [-0.25, -0.2) is 28.2 Å². The molecule has 0 aromatic carbocycles. The normalized spacial score (nSPS) is 21.5. The van der Waals surface area contributed by atoms with Gasteiger partial charge in [0.25, 0.3) is 0 Å². The van der Waals surface area contributed by atoms with Crippen molar-refractivity contribution in [1.29, 1.82) is 0 Å². The molecule has 8 heterocycles. The Morgan fingerprint density at radius 1 is 0.779 bits per heavy atom. The van der Waals surface area contributed by atoms with Crippen LogP contribution < -0.4 is 20.9 Å². The number of aromatic nitrogens is 8. The number of carboxylic acids is 3. The number of Topliss-reactive ketones (excluding diaryl/α,β-unsaturated/α-hetero) is 2. The lowest BCUT2D eigenvalue weighted by Gasteiger charge is -2.30. The Morgan fingerprint density at radius 3 is 1.94 bits per heavy atom. The number of carbonyl (C=O) groups excluding carboxylic acids is 5. The highest BCUT2D eigenvalue weighted by molar-refractivity contribution is 8.13. The van der Waals surface area contributed by atoms with Crippen LogP contribution in [0.2, 0.25) is 0 Å². The van der Waals surface area contributed by atoms with Gasteiger partial charge in [-0.3, -0.25) is 56.9 Å². The smallest absolute Gasteiger partial charge is 0.481 e. The second-order valence-corrected chi connectivity index (χ2v) is 29.0. The summed E-state index contributed by atoms with van der Waals surface area (Å²) < 4.78 is 63.1. The summed E-state index contributed by atoms with van der Waals surface area (Å²) in [7, 11) is -16.7. The number of rotatable bonds is 29. The van der Waals surface area contributed by atoms with Gasteiger partial charge in [0.2, 0.25) is 23.6 Å². The fourth-order valence-corrected chi connectivity index (χ4v) is 14.4. The number of nitrogens with two attached hydrogens (primary N) is 1. The number of imidazole rings is 1. The molecule has 0 spiro atoms. The number of anilines is 1. The molecule has 8 rings (SSSR count). The van der Waals surface area contributed by atoms with Crippen LogP contribution in [0.3, 0.4) is 0 Å². The van der Waals surface area contributed by atoms with Gasteiger partial charge in [0.1, 0.15) is 35.8 Å². The van der Waals surface area contributed by atoms with E-state index in [0.717, 1.165) is 22.7 Å². The summed E-state index contributed by atoms with van der Waals surface area (Å²) in [6.45, 7) is 6.12. The van der Waals surface area contributed by atoms with E-state index in [0.29, 0.717) is 44.3 Å². The highest BCUT2D eigenvalue weighted by Gasteiger charge is 2.53. The van der Waals surface area contributed by atoms with Gasteiger partial charge in [0.05, 0.1) is 48.3 Å². The molecule has 1 fully saturated rings. The predicted molar refractivity (Wildman–Crippen MR) is 328 cm³/mol. The van der Waals surface area contributed by atoms with Gasteiger partial charge in [-0.05, 0) is 87.1 Å². The number of aliphatic carboxylic acids is 3. The molecule has 0 aliphatic carbocycles. The van der Waals surface area contributed by atoms with Gasteiger partial charge >= 0.3 is 47.0 Å². The van der Waals surface area contributed by atoms with E-state index in [1.807, 2.05) is 0 Å². The van der Waals surface area contributed by atoms with Crippen molar-refractivity contribution in [2.24, 2.45) is 5.41 Å². The monoisotopic (exact) mass is 1410 g/mol. The van der Waals surface area contributed by atoms with Crippen LogP contribution in [0.1, 0.15) is 121 Å². The fraction of sp³-hybridized carbons (Fsp3) is 0.473. The number of phosphoric ester groups is 3. The van der Waals surface area contributed by atoms with E-state index >= 15 is 0 Å². The molecule has 5 aromatic heterocycles. The minimum Gasteiger partial charge on any atom is -0.481 e. The number of hydrogen-bond acceptors (Lipinski definition) is 24. The number of fused-ring (bicyclic) bond motifs is 9. The molecular formula is C55H69N11O25P3S+. The fourth-order valence-electron chi connectivity index (χ4n) is 10.9. The highest BCUT2D eigenvalue weighted by Crippen LogP contribution is 2.61. The number of hydrogen-bond donors (Lipinski definition) is 15. The van der Waals surface area contributed by atoms with Crippen molar-refractivity contribution in [2.75, 3.05) is 37.8 Å². The lowest BCUT2D eigenvalue weighted by molar-refractivity contribution is -0.745. The number of phosphoric acid groups is 3. The van der Waals surface area contributed by atoms with Crippen LogP contribution in [0, 0.1) is 19.3 Å². The third kappa shape index (κ3) is 17.0. The molecule has 514 valence electrons. The molecule has 2 amide bonds. The molecule has 5 aromatic rings. The van der Waals surface area contributed by atoms with E-state index in [1.165, 1.54) is 52.2 Å². The number of H-pyrrole nitrogens is 3. The van der Waals surface area contributed by atoms with Gasteiger partial charge in [0, 0.05) is 65.6 Å². The third-order valence-electron chi connectivity index (χ3n) is 16.1. The first-order chi connectivity index (χ1) is 44.2. The van der Waals surface area contributed by atoms with Crippen LogP contribution in [0.5, 0.6) is 0 Å². The zero-order valence-electron chi connectivity index (χ0n) is 51.5. The number of nitrogen functional groups attached to an aromatic ring is 1. The van der Waals surface area contributed by atoms with Crippen LogP contribution >= 0.6 is 35.2 Å². The number of ether oxygens (including phenoxy) is 1. The van der Waals surface area contributed by atoms with Crippen molar-refractivity contribution in [1.82, 2.24) is 45.5 Å². The first-order valence-electron chi connectivity index (χ1n) is 28.8. The lowest BCUT2D eigenvalue weighted by Crippen LogP contribution is -2.46. The van der Waals surface area contributed by atoms with Crippen molar-refractivity contribution in [3.8, 4) is 0 Å². The number of aliphatic hydroxyl groups excluding tert-OH is 2. The summed E-state index contributed by atoms with van der Waals surface area (Å²) in [5.74, 6) is -6.74. The molecule has 8 bridgehead atoms. The highest BCUT2D eigenvalue weighted by atomic mass is 32.2. The standard InChI is InChI=1S/C55H68N11O25P3S/c1-25-28(32-16-31-27(7-9-39(68)69)26(2)30(63-31)17-36-54(5,19-40(70)71)47(77)34(65-36)18-37-55(6,20-41(72)73)46(76)33(64-37)15-29(25)62-32)8-10-42(74)95-14-13-57-38(67)11-12-58-51(79)48(78)53(3,4)22-88-94(85,86)91-93(83,84)87-21-35-45(90-92(80,81)82)44(75)52(89-35)66-24-61-43-49(56)59-23-60-50(43)66/h15-18,23-24,35,44-45,48,52,75,78H,7-14,19-22H2,1-6H3,(H13,56,57,58,59,60,62,63,64,65,67,68,69,70,71,72,73,76,77,79,80,81,82,83,84,85,86)/p+1. The number of ketones is 2. The Kier molecular flexibility index (Phi) is 22.1. The molecule has 0 saturated carbocycles. The minimum absolute atomic E-state index is 0.0131. The van der Waals surface area contributed by atoms with E-state index in [2.05, 4.69) is 54.4 Å². The minimum atomic E-state index is -5.67. The van der Waals surface area contributed by atoms with Crippen LogP contribution in [0.4, 0.5) is 5.82 Å². The molecular weight excluding hydrogens is 1340 g/mol. The topological polar surface area (TPSA) is 569 Å². The van der Waals surface area contributed by atoms with E-state index in [4.69, 9.17) is 19.5 Å². The molecule has 3 aliphatic heterocycles. The number of nitrogens with zero attached hydrogens (tertiary/aromatic N) is 5. The molecule has 36 nitrogen and oxygen atoms in total. The zero-order chi connectivity index (χ0) is 70.1. The van der Waals surface area contributed by atoms with Crippen LogP contribution in [-0.2, 0) is 88.8 Å². The zero-order valence-corrected chi connectivity index (χ0v) is 55.0. The summed E-state index contributed by atoms with van der Waals surface area (Å²) in [5.41, 5.74) is 4.12. The van der Waals surface area contributed by atoms with Gasteiger partial charge in [-0.2, -0.15) is 9.29 Å². The average Bonchev–Trinajstić information content (AvgIpc) is 1.60. The van der Waals surface area contributed by atoms with E-state index in [1.54, 1.807) is 19.9 Å². The Morgan fingerprint density at radius 2 is 1.35 bits per heavy atom. The van der Waals surface area contributed by atoms with Crippen molar-refractivity contribution in [2.45, 2.75) is 128 Å². The molecule has 0 radical (unpaired) electrons. The summed E-state index contributed by atoms with van der Waals surface area (Å²) in [4.78, 5) is 170. The largest absolute Gasteiger partial charge is 0.481 e. The molecule has 16 N–H and O–H groups in total.